The second kappa shape index (κ2) is 5.37. The number of allylic oxidation sites excluding steroid dienone is 1. The monoisotopic (exact) mass is 250 g/mol. The lowest BCUT2D eigenvalue weighted by Gasteiger charge is -1.93. The standard InChI is InChI=1S/C12H14N2S2/c1-2-3-4-7-15-12-14-10-6-5-9(13)8-11(10)16-12/h2,5-6,8H,1,3-4,7,13H2. The van der Waals surface area contributed by atoms with Gasteiger partial charge >= 0.3 is 0 Å². The van der Waals surface area contributed by atoms with E-state index in [1.807, 2.05) is 36.0 Å². The van der Waals surface area contributed by atoms with Gasteiger partial charge in [-0.2, -0.15) is 0 Å². The van der Waals surface area contributed by atoms with Crippen molar-refractivity contribution in [1.29, 1.82) is 0 Å². The molecule has 84 valence electrons. The Labute approximate surface area is 104 Å². The van der Waals surface area contributed by atoms with Gasteiger partial charge in [0, 0.05) is 11.4 Å². The van der Waals surface area contributed by atoms with E-state index in [4.69, 9.17) is 5.73 Å². The molecule has 0 aliphatic carbocycles. The number of thiazole rings is 1. The number of nitrogens with zero attached hydrogens (tertiary/aromatic N) is 1. The molecule has 2 aromatic rings. The number of hydrogen-bond acceptors (Lipinski definition) is 4. The minimum Gasteiger partial charge on any atom is -0.399 e. The van der Waals surface area contributed by atoms with Crippen molar-refractivity contribution < 1.29 is 0 Å². The molecule has 2 rings (SSSR count). The Morgan fingerprint density at radius 2 is 2.38 bits per heavy atom. The third-order valence-electron chi connectivity index (χ3n) is 2.17. The number of nitrogen functional groups attached to an aromatic ring is 1. The Morgan fingerprint density at radius 1 is 1.50 bits per heavy atom. The number of benzene rings is 1. The molecule has 0 spiro atoms. The van der Waals surface area contributed by atoms with E-state index in [2.05, 4.69) is 11.6 Å². The quantitative estimate of drug-likeness (QED) is 0.378. The lowest BCUT2D eigenvalue weighted by atomic mass is 10.3. The van der Waals surface area contributed by atoms with Gasteiger partial charge in [0.2, 0.25) is 0 Å². The van der Waals surface area contributed by atoms with Gasteiger partial charge in [-0.05, 0) is 31.0 Å². The first kappa shape index (κ1) is 11.5. The Kier molecular flexibility index (Phi) is 3.85. The molecule has 16 heavy (non-hydrogen) atoms. The summed E-state index contributed by atoms with van der Waals surface area (Å²) in [6, 6.07) is 5.87. The third-order valence-corrected chi connectivity index (χ3v) is 4.42. The van der Waals surface area contributed by atoms with Crippen LogP contribution in [0, 0.1) is 0 Å². The molecule has 0 bridgehead atoms. The molecule has 0 unspecified atom stereocenters. The van der Waals surface area contributed by atoms with Crippen LogP contribution in [0.15, 0.2) is 35.2 Å². The lowest BCUT2D eigenvalue weighted by Crippen LogP contribution is -1.81. The molecular weight excluding hydrogens is 236 g/mol. The van der Waals surface area contributed by atoms with E-state index in [1.165, 1.54) is 4.70 Å². The van der Waals surface area contributed by atoms with Crippen LogP contribution in [0.1, 0.15) is 12.8 Å². The highest BCUT2D eigenvalue weighted by molar-refractivity contribution is 8.01. The zero-order chi connectivity index (χ0) is 11.4. The van der Waals surface area contributed by atoms with E-state index in [1.54, 1.807) is 11.3 Å². The zero-order valence-electron chi connectivity index (χ0n) is 8.98. The second-order valence-corrected chi connectivity index (χ2v) is 5.86. The fourth-order valence-corrected chi connectivity index (χ4v) is 3.52. The summed E-state index contributed by atoms with van der Waals surface area (Å²) in [6.07, 6.45) is 4.19. The largest absolute Gasteiger partial charge is 0.399 e. The van der Waals surface area contributed by atoms with Crippen LogP contribution in [-0.4, -0.2) is 10.7 Å². The predicted octanol–water partition coefficient (Wildman–Crippen LogP) is 3.94. The maximum atomic E-state index is 5.73. The summed E-state index contributed by atoms with van der Waals surface area (Å²) in [6.45, 7) is 3.71. The molecule has 0 aliphatic rings. The number of unbranched alkanes of at least 4 members (excludes halogenated alkanes) is 1. The Morgan fingerprint density at radius 3 is 3.19 bits per heavy atom. The first-order valence-electron chi connectivity index (χ1n) is 5.19. The SMILES string of the molecule is C=CCCCSc1nc2ccc(N)cc2s1. The maximum Gasteiger partial charge on any atom is 0.151 e. The summed E-state index contributed by atoms with van der Waals surface area (Å²) in [5, 5.41) is 0. The first-order chi connectivity index (χ1) is 7.79. The summed E-state index contributed by atoms with van der Waals surface area (Å²) in [5.41, 5.74) is 7.59. The summed E-state index contributed by atoms with van der Waals surface area (Å²) in [7, 11) is 0. The molecule has 1 aromatic carbocycles. The minimum atomic E-state index is 0.805. The topological polar surface area (TPSA) is 38.9 Å². The van der Waals surface area contributed by atoms with Crippen LogP contribution in [0.2, 0.25) is 0 Å². The molecule has 1 heterocycles. The Hall–Kier alpha value is -1.000. The van der Waals surface area contributed by atoms with Gasteiger partial charge in [0.05, 0.1) is 10.2 Å². The minimum absolute atomic E-state index is 0.805. The van der Waals surface area contributed by atoms with Crippen molar-refractivity contribution in [3.8, 4) is 0 Å². The normalized spacial score (nSPS) is 10.8. The number of thioether (sulfide) groups is 1. The van der Waals surface area contributed by atoms with E-state index >= 15 is 0 Å². The summed E-state index contributed by atoms with van der Waals surface area (Å²) in [4.78, 5) is 4.55. The van der Waals surface area contributed by atoms with Crippen LogP contribution in [0.3, 0.4) is 0 Å². The number of hydrogen-bond donors (Lipinski definition) is 1. The van der Waals surface area contributed by atoms with E-state index in [9.17, 15) is 0 Å². The van der Waals surface area contributed by atoms with Gasteiger partial charge in [-0.3, -0.25) is 0 Å². The molecule has 2 nitrogen and oxygen atoms in total. The Bertz CT molecular complexity index is 491. The van der Waals surface area contributed by atoms with Gasteiger partial charge in [0.15, 0.2) is 4.34 Å². The van der Waals surface area contributed by atoms with E-state index < -0.39 is 0 Å². The molecule has 0 atom stereocenters. The van der Waals surface area contributed by atoms with Gasteiger partial charge < -0.3 is 5.73 Å². The van der Waals surface area contributed by atoms with Gasteiger partial charge in [-0.1, -0.05) is 17.8 Å². The number of aromatic nitrogens is 1. The zero-order valence-corrected chi connectivity index (χ0v) is 10.6. The average molecular weight is 250 g/mol. The van der Waals surface area contributed by atoms with Crippen molar-refractivity contribution in [2.45, 2.75) is 17.2 Å². The van der Waals surface area contributed by atoms with Crippen molar-refractivity contribution in [2.24, 2.45) is 0 Å². The van der Waals surface area contributed by atoms with Crippen molar-refractivity contribution >= 4 is 39.0 Å². The highest BCUT2D eigenvalue weighted by Crippen LogP contribution is 2.30. The molecule has 1 aromatic heterocycles. The van der Waals surface area contributed by atoms with Gasteiger partial charge in [-0.15, -0.1) is 17.9 Å². The number of fused-ring (bicyclic) bond motifs is 1. The smallest absolute Gasteiger partial charge is 0.151 e. The molecule has 0 saturated carbocycles. The molecule has 0 saturated heterocycles. The summed E-state index contributed by atoms with van der Waals surface area (Å²) < 4.78 is 2.30. The van der Waals surface area contributed by atoms with Gasteiger partial charge in [0.1, 0.15) is 0 Å². The number of nitrogens with two attached hydrogens (primary N) is 1. The molecular formula is C12H14N2S2. The van der Waals surface area contributed by atoms with E-state index in [-0.39, 0.29) is 0 Å². The lowest BCUT2D eigenvalue weighted by molar-refractivity contribution is 0.973. The van der Waals surface area contributed by atoms with Gasteiger partial charge in [-0.25, -0.2) is 4.98 Å². The fourth-order valence-electron chi connectivity index (χ4n) is 1.37. The molecule has 0 fully saturated rings. The van der Waals surface area contributed by atoms with Gasteiger partial charge in [0.25, 0.3) is 0 Å². The molecule has 2 N–H and O–H groups in total. The molecule has 0 aliphatic heterocycles. The molecule has 0 radical (unpaired) electrons. The summed E-state index contributed by atoms with van der Waals surface area (Å²) >= 11 is 3.53. The van der Waals surface area contributed by atoms with E-state index in [0.717, 1.165) is 34.1 Å². The van der Waals surface area contributed by atoms with Crippen LogP contribution in [0.5, 0.6) is 0 Å². The van der Waals surface area contributed by atoms with Crippen LogP contribution < -0.4 is 5.73 Å². The first-order valence-corrected chi connectivity index (χ1v) is 6.99. The maximum absolute atomic E-state index is 5.73. The molecule has 4 heteroatoms. The predicted molar refractivity (Wildman–Crippen MR) is 74.2 cm³/mol. The van der Waals surface area contributed by atoms with Crippen LogP contribution in [0.25, 0.3) is 10.2 Å². The molecule has 0 amide bonds. The average Bonchev–Trinajstić information content (AvgIpc) is 2.66. The van der Waals surface area contributed by atoms with Crippen LogP contribution in [-0.2, 0) is 0 Å². The van der Waals surface area contributed by atoms with Crippen LogP contribution in [0.4, 0.5) is 5.69 Å². The summed E-state index contributed by atoms with van der Waals surface area (Å²) in [5.74, 6) is 1.10. The van der Waals surface area contributed by atoms with Crippen molar-refractivity contribution in [1.82, 2.24) is 4.98 Å². The van der Waals surface area contributed by atoms with E-state index in [0.29, 0.717) is 0 Å². The van der Waals surface area contributed by atoms with Crippen molar-refractivity contribution in [2.75, 3.05) is 11.5 Å². The fraction of sp³-hybridized carbons (Fsp3) is 0.250. The van der Waals surface area contributed by atoms with Crippen molar-refractivity contribution in [3.63, 3.8) is 0 Å². The Balaban J connectivity index is 2.05. The van der Waals surface area contributed by atoms with Crippen molar-refractivity contribution in [3.05, 3.63) is 30.9 Å². The third kappa shape index (κ3) is 2.77. The van der Waals surface area contributed by atoms with Crippen LogP contribution >= 0.6 is 23.1 Å². The highest BCUT2D eigenvalue weighted by atomic mass is 32.2. The number of rotatable bonds is 5. The number of anilines is 1. The second-order valence-electron chi connectivity index (χ2n) is 3.49. The highest BCUT2D eigenvalue weighted by Gasteiger charge is 2.03.